The van der Waals surface area contributed by atoms with Crippen LogP contribution in [0.2, 0.25) is 0 Å². The van der Waals surface area contributed by atoms with Crippen molar-refractivity contribution >= 4 is 21.6 Å². The third-order valence-electron chi connectivity index (χ3n) is 5.21. The summed E-state index contributed by atoms with van der Waals surface area (Å²) in [5.74, 6) is 0.883. The smallest absolute Gasteiger partial charge is 0.246 e. The van der Waals surface area contributed by atoms with E-state index in [0.29, 0.717) is 41.7 Å². The number of aryl methyl sites for hydroxylation is 2. The monoisotopic (exact) mass is 436 g/mol. The number of anilines is 1. The van der Waals surface area contributed by atoms with Gasteiger partial charge >= 0.3 is 0 Å². The maximum absolute atomic E-state index is 13.0. The highest BCUT2D eigenvalue weighted by Crippen LogP contribution is 2.29. The summed E-state index contributed by atoms with van der Waals surface area (Å²) in [4.78, 5) is 12.7. The first-order chi connectivity index (χ1) is 14.3. The zero-order valence-electron chi connectivity index (χ0n) is 17.8. The van der Waals surface area contributed by atoms with Crippen molar-refractivity contribution in [1.29, 1.82) is 0 Å². The van der Waals surface area contributed by atoms with Gasteiger partial charge in [-0.3, -0.25) is 9.48 Å². The quantitative estimate of drug-likeness (QED) is 0.681. The molecule has 3 rings (SSSR count). The maximum Gasteiger partial charge on any atom is 0.246 e. The van der Waals surface area contributed by atoms with E-state index >= 15 is 0 Å². The van der Waals surface area contributed by atoms with Crippen molar-refractivity contribution in [3.05, 3.63) is 29.6 Å². The van der Waals surface area contributed by atoms with E-state index < -0.39 is 10.0 Å². The van der Waals surface area contributed by atoms with Crippen molar-refractivity contribution in [2.45, 2.75) is 44.6 Å². The van der Waals surface area contributed by atoms with Crippen LogP contribution in [0.25, 0.3) is 0 Å². The molecule has 0 spiro atoms. The number of nitrogens with one attached hydrogen (secondary N) is 1. The van der Waals surface area contributed by atoms with E-state index in [2.05, 4.69) is 10.4 Å². The fourth-order valence-corrected chi connectivity index (χ4v) is 5.55. The second-order valence-electron chi connectivity index (χ2n) is 7.20. The fourth-order valence-electron chi connectivity index (χ4n) is 3.66. The molecule has 1 aliphatic heterocycles. The average molecular weight is 437 g/mol. The number of nitrogens with zero attached hydrogens (tertiary/aromatic N) is 3. The lowest BCUT2D eigenvalue weighted by molar-refractivity contribution is -0.116. The van der Waals surface area contributed by atoms with Crippen LogP contribution in [0, 0.1) is 13.8 Å². The van der Waals surface area contributed by atoms with Crippen molar-refractivity contribution in [2.75, 3.05) is 32.6 Å². The van der Waals surface area contributed by atoms with Gasteiger partial charge in [0.05, 0.1) is 37.8 Å². The summed E-state index contributed by atoms with van der Waals surface area (Å²) < 4.78 is 39.5. The van der Waals surface area contributed by atoms with E-state index in [9.17, 15) is 13.2 Å². The van der Waals surface area contributed by atoms with Gasteiger partial charge in [-0.15, -0.1) is 0 Å². The van der Waals surface area contributed by atoms with Crippen LogP contribution in [-0.2, 0) is 21.4 Å². The molecular formula is C20H28N4O5S. The Bertz CT molecular complexity index is 1030. The number of amides is 1. The molecule has 0 atom stereocenters. The molecule has 1 aliphatic rings. The zero-order chi connectivity index (χ0) is 21.9. The summed E-state index contributed by atoms with van der Waals surface area (Å²) in [5, 5.41) is 7.18. The fraction of sp³-hybridized carbons (Fsp3) is 0.500. The molecule has 2 heterocycles. The van der Waals surface area contributed by atoms with Crippen molar-refractivity contribution in [1.82, 2.24) is 14.1 Å². The highest BCUT2D eigenvalue weighted by Gasteiger charge is 2.32. The predicted octanol–water partition coefficient (Wildman–Crippen LogP) is 2.33. The average Bonchev–Trinajstić information content (AvgIpc) is 3.35. The summed E-state index contributed by atoms with van der Waals surface area (Å²) in [5.41, 5.74) is 1.51. The molecule has 1 aromatic heterocycles. The normalized spacial score (nSPS) is 14.7. The standard InChI is InChI=1S/C20H28N4O5S/c1-14-20(30(26,27)23-10-5-6-11-23)15(2)24(22-14)12-9-19(25)21-17-13-16(28-3)7-8-18(17)29-4/h7-8,13H,5-6,9-12H2,1-4H3,(H,21,25). The van der Waals surface area contributed by atoms with Gasteiger partial charge in [0.15, 0.2) is 0 Å². The molecule has 1 amide bonds. The largest absolute Gasteiger partial charge is 0.497 e. The Labute approximate surface area is 177 Å². The SMILES string of the molecule is COc1ccc(OC)c(NC(=O)CCn2nc(C)c(S(=O)(=O)N3CCCC3)c2C)c1. The van der Waals surface area contributed by atoms with Crippen LogP contribution in [-0.4, -0.2) is 55.7 Å². The van der Waals surface area contributed by atoms with Crippen LogP contribution in [0.3, 0.4) is 0 Å². The zero-order valence-corrected chi connectivity index (χ0v) is 18.6. The van der Waals surface area contributed by atoms with E-state index in [1.807, 2.05) is 0 Å². The summed E-state index contributed by atoms with van der Waals surface area (Å²) in [6, 6.07) is 5.14. The number of carbonyl (C=O) groups excluding carboxylic acids is 1. The number of aromatic nitrogens is 2. The van der Waals surface area contributed by atoms with Gasteiger partial charge in [0.2, 0.25) is 15.9 Å². The Balaban J connectivity index is 1.72. The van der Waals surface area contributed by atoms with Gasteiger partial charge in [-0.25, -0.2) is 8.42 Å². The summed E-state index contributed by atoms with van der Waals surface area (Å²) in [6.45, 7) is 4.76. The van der Waals surface area contributed by atoms with Crippen LogP contribution in [0.15, 0.2) is 23.1 Å². The minimum Gasteiger partial charge on any atom is -0.497 e. The first kappa shape index (κ1) is 22.1. The molecule has 1 N–H and O–H groups in total. The second kappa shape index (κ2) is 9.05. The molecular weight excluding hydrogens is 408 g/mol. The van der Waals surface area contributed by atoms with Crippen LogP contribution in [0.4, 0.5) is 5.69 Å². The molecule has 1 fully saturated rings. The predicted molar refractivity (Wildman–Crippen MR) is 112 cm³/mol. The number of methoxy groups -OCH3 is 2. The maximum atomic E-state index is 13.0. The molecule has 10 heteroatoms. The van der Waals surface area contributed by atoms with Gasteiger partial charge in [-0.1, -0.05) is 0 Å². The Hall–Kier alpha value is -2.59. The third-order valence-corrected chi connectivity index (χ3v) is 7.36. The van der Waals surface area contributed by atoms with Gasteiger partial charge in [-0.05, 0) is 38.8 Å². The van der Waals surface area contributed by atoms with E-state index in [1.165, 1.54) is 11.4 Å². The van der Waals surface area contributed by atoms with Crippen molar-refractivity contribution in [3.8, 4) is 11.5 Å². The van der Waals surface area contributed by atoms with Crippen LogP contribution in [0.5, 0.6) is 11.5 Å². The van der Waals surface area contributed by atoms with E-state index in [0.717, 1.165) is 12.8 Å². The molecule has 2 aromatic rings. The van der Waals surface area contributed by atoms with Crippen molar-refractivity contribution in [3.63, 3.8) is 0 Å². The van der Waals surface area contributed by atoms with Gasteiger partial charge in [0, 0.05) is 25.6 Å². The van der Waals surface area contributed by atoms with Crippen LogP contribution >= 0.6 is 0 Å². The van der Waals surface area contributed by atoms with Gasteiger partial charge < -0.3 is 14.8 Å². The molecule has 1 aromatic carbocycles. The second-order valence-corrected chi connectivity index (χ2v) is 9.07. The van der Waals surface area contributed by atoms with E-state index in [1.54, 1.807) is 43.8 Å². The number of ether oxygens (including phenoxy) is 2. The molecule has 0 bridgehead atoms. The lowest BCUT2D eigenvalue weighted by Gasteiger charge is -2.15. The van der Waals surface area contributed by atoms with Gasteiger partial charge in [0.25, 0.3) is 0 Å². The van der Waals surface area contributed by atoms with Crippen LogP contribution < -0.4 is 14.8 Å². The van der Waals surface area contributed by atoms with Gasteiger partial charge in [0.1, 0.15) is 16.4 Å². The van der Waals surface area contributed by atoms with Gasteiger partial charge in [-0.2, -0.15) is 9.40 Å². The number of rotatable bonds is 8. The molecule has 0 saturated carbocycles. The Morgan fingerprint density at radius 2 is 1.87 bits per heavy atom. The van der Waals surface area contributed by atoms with E-state index in [-0.39, 0.29) is 23.8 Å². The third kappa shape index (κ3) is 4.44. The lowest BCUT2D eigenvalue weighted by atomic mass is 10.2. The van der Waals surface area contributed by atoms with Crippen molar-refractivity contribution in [2.24, 2.45) is 0 Å². The van der Waals surface area contributed by atoms with Crippen LogP contribution in [0.1, 0.15) is 30.7 Å². The molecule has 0 unspecified atom stereocenters. The number of hydrogen-bond donors (Lipinski definition) is 1. The molecule has 1 saturated heterocycles. The molecule has 164 valence electrons. The lowest BCUT2D eigenvalue weighted by Crippen LogP contribution is -2.28. The van der Waals surface area contributed by atoms with E-state index in [4.69, 9.17) is 9.47 Å². The number of carbonyl (C=O) groups is 1. The highest BCUT2D eigenvalue weighted by atomic mass is 32.2. The molecule has 0 aliphatic carbocycles. The highest BCUT2D eigenvalue weighted by molar-refractivity contribution is 7.89. The Morgan fingerprint density at radius 1 is 1.17 bits per heavy atom. The number of sulfonamides is 1. The first-order valence-electron chi connectivity index (χ1n) is 9.84. The Kier molecular flexibility index (Phi) is 6.67. The number of benzene rings is 1. The molecule has 30 heavy (non-hydrogen) atoms. The minimum absolute atomic E-state index is 0.130. The minimum atomic E-state index is -3.56. The molecule has 9 nitrogen and oxygen atoms in total. The summed E-state index contributed by atoms with van der Waals surface area (Å²) in [7, 11) is -0.495. The summed E-state index contributed by atoms with van der Waals surface area (Å²) in [6.07, 6.45) is 1.88. The topological polar surface area (TPSA) is 103 Å². The summed E-state index contributed by atoms with van der Waals surface area (Å²) >= 11 is 0. The Morgan fingerprint density at radius 3 is 2.50 bits per heavy atom. The van der Waals surface area contributed by atoms with Crippen molar-refractivity contribution < 1.29 is 22.7 Å². The number of hydrogen-bond acceptors (Lipinski definition) is 6. The first-order valence-corrected chi connectivity index (χ1v) is 11.3. The molecule has 0 radical (unpaired) electrons.